The van der Waals surface area contributed by atoms with Crippen LogP contribution in [0.2, 0.25) is 0 Å². The largest absolute Gasteiger partial charge is 0.348 e. The van der Waals surface area contributed by atoms with Crippen molar-refractivity contribution in [3.05, 3.63) is 51.8 Å². The molecule has 0 spiro atoms. The molecular formula is C12H15N5O. The molecule has 0 saturated carbocycles. The van der Waals surface area contributed by atoms with Gasteiger partial charge >= 0.3 is 5.69 Å². The maximum absolute atomic E-state index is 11.8. The Labute approximate surface area is 104 Å². The van der Waals surface area contributed by atoms with Crippen LogP contribution in [0.25, 0.3) is 0 Å². The average Bonchev–Trinajstić information content (AvgIpc) is 2.34. The van der Waals surface area contributed by atoms with Crippen LogP contribution in [0.3, 0.4) is 0 Å². The number of nitrogens with zero attached hydrogens (tertiary/aromatic N) is 3. The van der Waals surface area contributed by atoms with E-state index in [-0.39, 0.29) is 5.69 Å². The molecule has 0 aliphatic heterocycles. The van der Waals surface area contributed by atoms with E-state index >= 15 is 0 Å². The van der Waals surface area contributed by atoms with E-state index in [4.69, 9.17) is 5.84 Å². The second-order valence-corrected chi connectivity index (χ2v) is 4.10. The van der Waals surface area contributed by atoms with Crippen molar-refractivity contribution in [2.75, 3.05) is 5.43 Å². The van der Waals surface area contributed by atoms with Gasteiger partial charge in [0.25, 0.3) is 0 Å². The van der Waals surface area contributed by atoms with Gasteiger partial charge in [-0.05, 0) is 37.6 Å². The summed E-state index contributed by atoms with van der Waals surface area (Å²) in [4.78, 5) is 19.8. The lowest BCUT2D eigenvalue weighted by Gasteiger charge is -2.10. The number of pyridine rings is 1. The highest BCUT2D eigenvalue weighted by Gasteiger charge is 2.04. The molecule has 0 atom stereocenters. The Morgan fingerprint density at radius 1 is 1.39 bits per heavy atom. The molecular weight excluding hydrogens is 230 g/mol. The average molecular weight is 245 g/mol. The SMILES string of the molecule is Cc1cc(C)n(Cc2ccnc(NN)c2)c(=O)n1. The molecule has 2 rings (SSSR count). The highest BCUT2D eigenvalue weighted by Crippen LogP contribution is 2.08. The molecule has 0 amide bonds. The van der Waals surface area contributed by atoms with E-state index < -0.39 is 0 Å². The van der Waals surface area contributed by atoms with E-state index in [0.29, 0.717) is 12.4 Å². The molecule has 0 saturated heterocycles. The van der Waals surface area contributed by atoms with Crippen LogP contribution in [0, 0.1) is 13.8 Å². The van der Waals surface area contributed by atoms with Crippen molar-refractivity contribution in [2.24, 2.45) is 5.84 Å². The molecule has 0 aliphatic rings. The third-order valence-corrected chi connectivity index (χ3v) is 2.66. The lowest BCUT2D eigenvalue weighted by atomic mass is 10.2. The van der Waals surface area contributed by atoms with Gasteiger partial charge in [0.1, 0.15) is 5.82 Å². The zero-order chi connectivity index (χ0) is 13.1. The predicted molar refractivity (Wildman–Crippen MR) is 69.1 cm³/mol. The number of nitrogens with two attached hydrogens (primary N) is 1. The van der Waals surface area contributed by atoms with Crippen molar-refractivity contribution < 1.29 is 0 Å². The number of hydrazine groups is 1. The minimum atomic E-state index is -0.244. The molecule has 18 heavy (non-hydrogen) atoms. The van der Waals surface area contributed by atoms with E-state index in [0.717, 1.165) is 17.0 Å². The fourth-order valence-electron chi connectivity index (χ4n) is 1.80. The summed E-state index contributed by atoms with van der Waals surface area (Å²) in [5, 5.41) is 0. The number of nitrogen functional groups attached to an aromatic ring is 1. The van der Waals surface area contributed by atoms with Gasteiger partial charge in [0.05, 0.1) is 6.54 Å². The van der Waals surface area contributed by atoms with Gasteiger partial charge in [0.15, 0.2) is 0 Å². The van der Waals surface area contributed by atoms with Crippen LogP contribution >= 0.6 is 0 Å². The Morgan fingerprint density at radius 3 is 2.83 bits per heavy atom. The van der Waals surface area contributed by atoms with Crippen molar-refractivity contribution in [1.82, 2.24) is 14.5 Å². The monoisotopic (exact) mass is 245 g/mol. The highest BCUT2D eigenvalue weighted by molar-refractivity contribution is 5.36. The molecule has 2 aromatic heterocycles. The van der Waals surface area contributed by atoms with E-state index in [1.54, 1.807) is 16.8 Å². The minimum Gasteiger partial charge on any atom is -0.308 e. The molecule has 2 heterocycles. The molecule has 3 N–H and O–H groups in total. The highest BCUT2D eigenvalue weighted by atomic mass is 16.1. The van der Waals surface area contributed by atoms with E-state index in [1.165, 1.54) is 0 Å². The Balaban J connectivity index is 2.37. The summed E-state index contributed by atoms with van der Waals surface area (Å²) in [6.45, 7) is 4.15. The molecule has 0 aromatic carbocycles. The van der Waals surface area contributed by atoms with Gasteiger partial charge in [-0.25, -0.2) is 15.6 Å². The maximum Gasteiger partial charge on any atom is 0.348 e. The number of rotatable bonds is 3. The first-order valence-electron chi connectivity index (χ1n) is 5.57. The fourth-order valence-corrected chi connectivity index (χ4v) is 1.80. The fraction of sp³-hybridized carbons (Fsp3) is 0.250. The Morgan fingerprint density at radius 2 is 2.17 bits per heavy atom. The van der Waals surface area contributed by atoms with Crippen molar-refractivity contribution in [2.45, 2.75) is 20.4 Å². The summed E-state index contributed by atoms with van der Waals surface area (Å²) in [7, 11) is 0. The number of aryl methyl sites for hydroxylation is 2. The number of hydrogen-bond donors (Lipinski definition) is 2. The lowest BCUT2D eigenvalue weighted by Crippen LogP contribution is -2.26. The van der Waals surface area contributed by atoms with Gasteiger partial charge in [-0.15, -0.1) is 0 Å². The van der Waals surface area contributed by atoms with Gasteiger partial charge < -0.3 is 5.43 Å². The normalized spacial score (nSPS) is 10.4. The Bertz CT molecular complexity index is 620. The molecule has 0 fully saturated rings. The van der Waals surface area contributed by atoms with Crippen LogP contribution in [-0.2, 0) is 6.54 Å². The summed E-state index contributed by atoms with van der Waals surface area (Å²) in [5.41, 5.74) is 4.78. The van der Waals surface area contributed by atoms with Gasteiger partial charge in [0.2, 0.25) is 0 Å². The van der Waals surface area contributed by atoms with E-state index in [2.05, 4.69) is 15.4 Å². The topological polar surface area (TPSA) is 85.8 Å². The van der Waals surface area contributed by atoms with Gasteiger partial charge in [-0.1, -0.05) is 0 Å². The molecule has 2 aromatic rings. The van der Waals surface area contributed by atoms with Crippen LogP contribution < -0.4 is 17.0 Å². The van der Waals surface area contributed by atoms with E-state index in [9.17, 15) is 4.79 Å². The van der Waals surface area contributed by atoms with Crippen molar-refractivity contribution in [3.8, 4) is 0 Å². The van der Waals surface area contributed by atoms with Crippen molar-refractivity contribution in [1.29, 1.82) is 0 Å². The molecule has 0 aliphatic carbocycles. The molecule has 94 valence electrons. The van der Waals surface area contributed by atoms with Crippen LogP contribution in [-0.4, -0.2) is 14.5 Å². The molecule has 0 bridgehead atoms. The smallest absolute Gasteiger partial charge is 0.308 e. The number of nitrogens with one attached hydrogen (secondary N) is 1. The molecule has 6 heteroatoms. The second-order valence-electron chi connectivity index (χ2n) is 4.10. The Kier molecular flexibility index (Phi) is 3.38. The molecule has 0 radical (unpaired) electrons. The third kappa shape index (κ3) is 2.54. The second kappa shape index (κ2) is 4.97. The summed E-state index contributed by atoms with van der Waals surface area (Å²) >= 11 is 0. The summed E-state index contributed by atoms with van der Waals surface area (Å²) < 4.78 is 1.61. The molecule has 0 unspecified atom stereocenters. The third-order valence-electron chi connectivity index (χ3n) is 2.66. The lowest BCUT2D eigenvalue weighted by molar-refractivity contribution is 0.693. The quantitative estimate of drug-likeness (QED) is 0.610. The van der Waals surface area contributed by atoms with Gasteiger partial charge in [0, 0.05) is 17.6 Å². The first kappa shape index (κ1) is 12.3. The summed E-state index contributed by atoms with van der Waals surface area (Å²) in [6.07, 6.45) is 1.65. The summed E-state index contributed by atoms with van der Waals surface area (Å²) in [5.74, 6) is 5.87. The number of hydrogen-bond acceptors (Lipinski definition) is 5. The predicted octanol–water partition coefficient (Wildman–Crippen LogP) is 0.589. The standard InChI is InChI=1S/C12H15N5O/c1-8-5-9(2)17(12(18)15-8)7-10-3-4-14-11(6-10)16-13/h3-6H,7,13H2,1-2H3,(H,14,16). The van der Waals surface area contributed by atoms with Gasteiger partial charge in [-0.3, -0.25) is 4.57 Å². The summed E-state index contributed by atoms with van der Waals surface area (Å²) in [6, 6.07) is 5.52. The van der Waals surface area contributed by atoms with Gasteiger partial charge in [-0.2, -0.15) is 4.98 Å². The zero-order valence-corrected chi connectivity index (χ0v) is 10.3. The first-order valence-corrected chi connectivity index (χ1v) is 5.57. The number of anilines is 1. The number of aromatic nitrogens is 3. The van der Waals surface area contributed by atoms with Crippen molar-refractivity contribution >= 4 is 5.82 Å². The molecule has 6 nitrogen and oxygen atoms in total. The first-order chi connectivity index (χ1) is 8.60. The van der Waals surface area contributed by atoms with Crippen LogP contribution in [0.4, 0.5) is 5.82 Å². The maximum atomic E-state index is 11.8. The van der Waals surface area contributed by atoms with Crippen molar-refractivity contribution in [3.63, 3.8) is 0 Å². The van der Waals surface area contributed by atoms with E-state index in [1.807, 2.05) is 26.0 Å². The van der Waals surface area contributed by atoms with Crippen LogP contribution in [0.5, 0.6) is 0 Å². The van der Waals surface area contributed by atoms with Crippen LogP contribution in [0.15, 0.2) is 29.2 Å². The van der Waals surface area contributed by atoms with Crippen LogP contribution in [0.1, 0.15) is 17.0 Å². The minimum absolute atomic E-state index is 0.244. The Hall–Kier alpha value is -2.21. The zero-order valence-electron chi connectivity index (χ0n) is 10.3.